The summed E-state index contributed by atoms with van der Waals surface area (Å²) in [4.78, 5) is 27.6. The molecule has 1 aliphatic carbocycles. The van der Waals surface area contributed by atoms with Crippen LogP contribution in [0.5, 0.6) is 0 Å². The zero-order chi connectivity index (χ0) is 17.2. The fourth-order valence-electron chi connectivity index (χ4n) is 3.96. The van der Waals surface area contributed by atoms with Crippen LogP contribution >= 0.6 is 11.3 Å². The maximum atomic E-state index is 12.6. The van der Waals surface area contributed by atoms with Crippen LogP contribution in [0.1, 0.15) is 51.0 Å². The topological polar surface area (TPSA) is 68.3 Å². The highest BCUT2D eigenvalue weighted by Gasteiger charge is 2.31. The number of piperidine rings is 1. The Labute approximate surface area is 150 Å². The van der Waals surface area contributed by atoms with Crippen LogP contribution in [-0.4, -0.2) is 33.7 Å². The third-order valence-electron chi connectivity index (χ3n) is 5.38. The van der Waals surface area contributed by atoms with Gasteiger partial charge in [0.1, 0.15) is 0 Å². The van der Waals surface area contributed by atoms with Crippen LogP contribution in [0.25, 0.3) is 10.8 Å². The molecule has 0 aromatic carbocycles. The van der Waals surface area contributed by atoms with Crippen molar-refractivity contribution in [2.24, 2.45) is 5.92 Å². The summed E-state index contributed by atoms with van der Waals surface area (Å²) in [7, 11) is 0. The Bertz CT molecular complexity index is 766. The molecule has 1 saturated heterocycles. The first-order valence-electron chi connectivity index (χ1n) is 9.14. The molecule has 4 rings (SSSR count). The fourth-order valence-corrected chi connectivity index (χ4v) is 4.60. The predicted molar refractivity (Wildman–Crippen MR) is 95.5 cm³/mol. The molecular weight excluding hydrogens is 338 g/mol. The van der Waals surface area contributed by atoms with E-state index in [4.69, 9.17) is 4.42 Å². The van der Waals surface area contributed by atoms with Crippen LogP contribution in [-0.2, 0) is 4.79 Å². The van der Waals surface area contributed by atoms with Gasteiger partial charge in [0.2, 0.25) is 5.91 Å². The third kappa shape index (κ3) is 3.42. The number of carbonyl (C=O) groups excluding carboxylic acids is 1. The maximum absolute atomic E-state index is 12.6. The highest BCUT2D eigenvalue weighted by molar-refractivity contribution is 7.13. The van der Waals surface area contributed by atoms with Gasteiger partial charge in [-0.25, -0.2) is 4.79 Å². The van der Waals surface area contributed by atoms with Crippen LogP contribution < -0.4 is 5.76 Å². The lowest BCUT2D eigenvalue weighted by Crippen LogP contribution is -2.43. The molecule has 0 bridgehead atoms. The molecule has 2 aromatic heterocycles. The molecule has 2 aromatic rings. The predicted octanol–water partition coefficient (Wildman–Crippen LogP) is 3.31. The Balaban J connectivity index is 1.40. The van der Waals surface area contributed by atoms with E-state index in [1.54, 1.807) is 0 Å². The van der Waals surface area contributed by atoms with Gasteiger partial charge in [0.25, 0.3) is 5.89 Å². The normalized spacial score (nSPS) is 20.1. The summed E-state index contributed by atoms with van der Waals surface area (Å²) < 4.78 is 6.78. The molecule has 1 amide bonds. The standard InChI is InChI=1S/C18H23N3O3S/c22-17(13-5-2-1-3-6-13)20-10-8-14(9-11-20)21-18(23)24-16(19-21)15-7-4-12-25-15/h4,7,12-14H,1-3,5-6,8-11H2. The lowest BCUT2D eigenvalue weighted by Gasteiger charge is -2.34. The van der Waals surface area contributed by atoms with Gasteiger partial charge in [0, 0.05) is 19.0 Å². The zero-order valence-electron chi connectivity index (χ0n) is 14.2. The molecule has 6 nitrogen and oxygen atoms in total. The molecule has 134 valence electrons. The van der Waals surface area contributed by atoms with Gasteiger partial charge in [-0.05, 0) is 37.1 Å². The summed E-state index contributed by atoms with van der Waals surface area (Å²) in [6.45, 7) is 1.40. The van der Waals surface area contributed by atoms with Crippen LogP contribution in [0, 0.1) is 5.92 Å². The summed E-state index contributed by atoms with van der Waals surface area (Å²) in [5, 5.41) is 6.31. The molecule has 7 heteroatoms. The molecule has 0 atom stereocenters. The molecule has 0 N–H and O–H groups in total. The van der Waals surface area contributed by atoms with E-state index < -0.39 is 5.76 Å². The van der Waals surface area contributed by atoms with E-state index in [1.807, 2.05) is 22.4 Å². The van der Waals surface area contributed by atoms with Gasteiger partial charge >= 0.3 is 5.76 Å². The Kier molecular flexibility index (Phi) is 4.74. The molecule has 0 unspecified atom stereocenters. The first-order chi connectivity index (χ1) is 12.2. The van der Waals surface area contributed by atoms with Crippen molar-refractivity contribution in [3.8, 4) is 10.8 Å². The zero-order valence-corrected chi connectivity index (χ0v) is 15.0. The molecule has 1 saturated carbocycles. The fraction of sp³-hybridized carbons (Fsp3) is 0.611. The highest BCUT2D eigenvalue weighted by atomic mass is 32.1. The van der Waals surface area contributed by atoms with Crippen molar-refractivity contribution in [2.45, 2.75) is 51.0 Å². The molecule has 25 heavy (non-hydrogen) atoms. The van der Waals surface area contributed by atoms with E-state index in [1.165, 1.54) is 35.3 Å². The second-order valence-electron chi connectivity index (χ2n) is 6.99. The second-order valence-corrected chi connectivity index (χ2v) is 7.93. The SMILES string of the molecule is O=C(C1CCCCC1)N1CCC(n2nc(-c3cccs3)oc2=O)CC1. The Morgan fingerprint density at radius 2 is 1.92 bits per heavy atom. The minimum Gasteiger partial charge on any atom is -0.387 e. The molecule has 2 fully saturated rings. The van der Waals surface area contributed by atoms with Crippen LogP contribution in [0.2, 0.25) is 0 Å². The summed E-state index contributed by atoms with van der Waals surface area (Å²) in [5.74, 6) is 0.511. The largest absolute Gasteiger partial charge is 0.437 e. The number of rotatable bonds is 3. The second kappa shape index (κ2) is 7.15. The van der Waals surface area contributed by atoms with Crippen molar-refractivity contribution < 1.29 is 9.21 Å². The number of aromatic nitrogens is 2. The van der Waals surface area contributed by atoms with Gasteiger partial charge in [-0.3, -0.25) is 4.79 Å². The molecular formula is C18H23N3O3S. The molecule has 0 radical (unpaired) electrons. The van der Waals surface area contributed by atoms with Gasteiger partial charge in [0.15, 0.2) is 0 Å². The molecule has 1 aliphatic heterocycles. The number of hydrogen-bond acceptors (Lipinski definition) is 5. The van der Waals surface area contributed by atoms with E-state index in [2.05, 4.69) is 5.10 Å². The van der Waals surface area contributed by atoms with Crippen molar-refractivity contribution in [3.63, 3.8) is 0 Å². The number of likely N-dealkylation sites (tertiary alicyclic amines) is 1. The highest BCUT2D eigenvalue weighted by Crippen LogP contribution is 2.29. The van der Waals surface area contributed by atoms with Gasteiger partial charge in [0.05, 0.1) is 10.9 Å². The number of amides is 1. The first kappa shape index (κ1) is 16.6. The maximum Gasteiger partial charge on any atom is 0.437 e. The summed E-state index contributed by atoms with van der Waals surface area (Å²) in [6, 6.07) is 3.82. The van der Waals surface area contributed by atoms with Crippen molar-refractivity contribution in [1.29, 1.82) is 0 Å². The quantitative estimate of drug-likeness (QED) is 0.841. The van der Waals surface area contributed by atoms with Crippen molar-refractivity contribution in [3.05, 3.63) is 28.1 Å². The summed E-state index contributed by atoms with van der Waals surface area (Å²) >= 11 is 1.50. The number of nitrogens with zero attached hydrogens (tertiary/aromatic N) is 3. The summed E-state index contributed by atoms with van der Waals surface area (Å²) in [5.41, 5.74) is 0. The lowest BCUT2D eigenvalue weighted by molar-refractivity contribution is -0.137. The van der Waals surface area contributed by atoms with Gasteiger partial charge in [-0.1, -0.05) is 25.3 Å². The molecule has 2 aliphatic rings. The summed E-state index contributed by atoms with van der Waals surface area (Å²) in [6.07, 6.45) is 7.19. The minimum absolute atomic E-state index is 0.0142. The molecule has 0 spiro atoms. The minimum atomic E-state index is -0.402. The Hall–Kier alpha value is -1.89. The van der Waals surface area contributed by atoms with Gasteiger partial charge in [-0.2, -0.15) is 4.68 Å². The van der Waals surface area contributed by atoms with Crippen LogP contribution in [0.3, 0.4) is 0 Å². The van der Waals surface area contributed by atoms with Gasteiger partial charge < -0.3 is 9.32 Å². The van der Waals surface area contributed by atoms with E-state index in [-0.39, 0.29) is 12.0 Å². The van der Waals surface area contributed by atoms with Crippen LogP contribution in [0.15, 0.2) is 26.7 Å². The van der Waals surface area contributed by atoms with E-state index in [0.29, 0.717) is 24.9 Å². The van der Waals surface area contributed by atoms with Crippen molar-refractivity contribution in [1.82, 2.24) is 14.7 Å². The van der Waals surface area contributed by atoms with E-state index in [0.717, 1.165) is 30.6 Å². The first-order valence-corrected chi connectivity index (χ1v) is 10.0. The van der Waals surface area contributed by atoms with Crippen molar-refractivity contribution in [2.75, 3.05) is 13.1 Å². The lowest BCUT2D eigenvalue weighted by atomic mass is 9.87. The smallest absolute Gasteiger partial charge is 0.387 e. The monoisotopic (exact) mass is 361 g/mol. The Morgan fingerprint density at radius 1 is 1.16 bits per heavy atom. The van der Waals surface area contributed by atoms with Gasteiger partial charge in [-0.15, -0.1) is 16.4 Å². The number of thiophene rings is 1. The average molecular weight is 361 g/mol. The van der Waals surface area contributed by atoms with Crippen LogP contribution in [0.4, 0.5) is 0 Å². The molecule has 3 heterocycles. The van der Waals surface area contributed by atoms with Crippen molar-refractivity contribution >= 4 is 17.2 Å². The Morgan fingerprint density at radius 3 is 2.60 bits per heavy atom. The number of carbonyl (C=O) groups is 1. The third-order valence-corrected chi connectivity index (χ3v) is 6.24. The average Bonchev–Trinajstić information content (AvgIpc) is 3.32. The number of hydrogen-bond donors (Lipinski definition) is 0. The van der Waals surface area contributed by atoms with E-state index >= 15 is 0 Å². The van der Waals surface area contributed by atoms with E-state index in [9.17, 15) is 9.59 Å².